The van der Waals surface area contributed by atoms with E-state index in [4.69, 9.17) is 10.5 Å². The van der Waals surface area contributed by atoms with Crippen LogP contribution in [0.1, 0.15) is 17.3 Å². The van der Waals surface area contributed by atoms with Crippen LogP contribution in [0.4, 0.5) is 0 Å². The van der Waals surface area contributed by atoms with E-state index in [2.05, 4.69) is 21.2 Å². The van der Waals surface area contributed by atoms with Gasteiger partial charge in [0.2, 0.25) is 0 Å². The lowest BCUT2D eigenvalue weighted by atomic mass is 10.1. The molecule has 0 aliphatic heterocycles. The highest BCUT2D eigenvalue weighted by Crippen LogP contribution is 2.23. The van der Waals surface area contributed by atoms with Gasteiger partial charge in [-0.2, -0.15) is 0 Å². The molecule has 0 heterocycles. The van der Waals surface area contributed by atoms with E-state index in [9.17, 15) is 4.79 Å². The minimum Gasteiger partial charge on any atom is -0.496 e. The minimum atomic E-state index is -0.178. The molecule has 0 fully saturated rings. The molecule has 5 heteroatoms. The first-order chi connectivity index (χ1) is 7.58. The summed E-state index contributed by atoms with van der Waals surface area (Å²) in [6, 6.07) is 5.20. The summed E-state index contributed by atoms with van der Waals surface area (Å²) in [6.45, 7) is 2.26. The minimum absolute atomic E-state index is 0.0548. The molecule has 1 aromatic carbocycles. The zero-order valence-corrected chi connectivity index (χ0v) is 10.9. The summed E-state index contributed by atoms with van der Waals surface area (Å²) < 4.78 is 6.01. The van der Waals surface area contributed by atoms with Gasteiger partial charge in [-0.25, -0.2) is 0 Å². The van der Waals surface area contributed by atoms with Gasteiger partial charge in [-0.15, -0.1) is 0 Å². The molecule has 0 aliphatic rings. The van der Waals surface area contributed by atoms with Crippen molar-refractivity contribution in [1.82, 2.24) is 5.32 Å². The Labute approximate surface area is 103 Å². The molecule has 1 aromatic rings. The maximum Gasteiger partial charge on any atom is 0.255 e. The van der Waals surface area contributed by atoms with E-state index in [0.717, 1.165) is 4.47 Å². The summed E-state index contributed by atoms with van der Waals surface area (Å²) in [4.78, 5) is 11.8. The zero-order chi connectivity index (χ0) is 12.1. The van der Waals surface area contributed by atoms with Gasteiger partial charge in [-0.1, -0.05) is 15.9 Å². The highest BCUT2D eigenvalue weighted by atomic mass is 79.9. The first-order valence-electron chi connectivity index (χ1n) is 4.93. The Morgan fingerprint density at radius 1 is 1.62 bits per heavy atom. The molecule has 0 saturated heterocycles. The molecule has 0 aliphatic carbocycles. The second-order valence-electron chi connectivity index (χ2n) is 3.45. The molecule has 1 amide bonds. The van der Waals surface area contributed by atoms with Gasteiger partial charge in [0, 0.05) is 17.1 Å². The maximum absolute atomic E-state index is 11.8. The number of carbonyl (C=O) groups is 1. The summed E-state index contributed by atoms with van der Waals surface area (Å²) in [5.74, 6) is 0.360. The van der Waals surface area contributed by atoms with Crippen molar-refractivity contribution in [2.24, 2.45) is 5.73 Å². The summed E-state index contributed by atoms with van der Waals surface area (Å²) in [5, 5.41) is 2.78. The average Bonchev–Trinajstić information content (AvgIpc) is 2.28. The van der Waals surface area contributed by atoms with Gasteiger partial charge in [0.05, 0.1) is 12.7 Å². The van der Waals surface area contributed by atoms with Crippen molar-refractivity contribution in [3.8, 4) is 5.75 Å². The van der Waals surface area contributed by atoms with Crippen LogP contribution in [0.3, 0.4) is 0 Å². The fourth-order valence-electron chi connectivity index (χ4n) is 1.21. The molecule has 4 nitrogen and oxygen atoms in total. The Morgan fingerprint density at radius 3 is 2.88 bits per heavy atom. The van der Waals surface area contributed by atoms with Crippen LogP contribution in [-0.4, -0.2) is 25.6 Å². The zero-order valence-electron chi connectivity index (χ0n) is 9.29. The van der Waals surface area contributed by atoms with E-state index in [-0.39, 0.29) is 11.9 Å². The molecule has 1 rings (SSSR count). The lowest BCUT2D eigenvalue weighted by molar-refractivity contribution is 0.0938. The van der Waals surface area contributed by atoms with Crippen molar-refractivity contribution >= 4 is 21.8 Å². The Balaban J connectivity index is 2.90. The van der Waals surface area contributed by atoms with Crippen LogP contribution >= 0.6 is 15.9 Å². The van der Waals surface area contributed by atoms with Crippen molar-refractivity contribution < 1.29 is 9.53 Å². The number of hydrogen-bond donors (Lipinski definition) is 2. The van der Waals surface area contributed by atoms with Gasteiger partial charge in [-0.3, -0.25) is 4.79 Å². The fourth-order valence-corrected chi connectivity index (χ4v) is 1.55. The first kappa shape index (κ1) is 13.0. The number of amides is 1. The Kier molecular flexibility index (Phi) is 4.76. The first-order valence-corrected chi connectivity index (χ1v) is 5.72. The molecule has 0 aromatic heterocycles. The fraction of sp³-hybridized carbons (Fsp3) is 0.364. The Hall–Kier alpha value is -1.07. The molecule has 88 valence electrons. The molecule has 0 bridgehead atoms. The predicted molar refractivity (Wildman–Crippen MR) is 66.7 cm³/mol. The number of hydrogen-bond acceptors (Lipinski definition) is 3. The van der Waals surface area contributed by atoms with E-state index in [1.54, 1.807) is 18.2 Å². The van der Waals surface area contributed by atoms with E-state index < -0.39 is 0 Å². The highest BCUT2D eigenvalue weighted by Gasteiger charge is 2.13. The molecule has 0 radical (unpaired) electrons. The Morgan fingerprint density at radius 2 is 2.31 bits per heavy atom. The molecule has 0 spiro atoms. The van der Waals surface area contributed by atoms with Crippen molar-refractivity contribution in [2.45, 2.75) is 13.0 Å². The van der Waals surface area contributed by atoms with Crippen molar-refractivity contribution in [3.05, 3.63) is 28.2 Å². The summed E-state index contributed by atoms with van der Waals surface area (Å²) in [7, 11) is 1.53. The molecule has 0 saturated carbocycles. The van der Waals surface area contributed by atoms with Gasteiger partial charge in [0.1, 0.15) is 5.75 Å². The molecular weight excluding hydrogens is 272 g/mol. The van der Waals surface area contributed by atoms with Gasteiger partial charge in [-0.05, 0) is 25.1 Å². The number of carbonyl (C=O) groups excluding carboxylic acids is 1. The monoisotopic (exact) mass is 286 g/mol. The van der Waals surface area contributed by atoms with Gasteiger partial charge in [0.15, 0.2) is 0 Å². The largest absolute Gasteiger partial charge is 0.496 e. The van der Waals surface area contributed by atoms with Crippen LogP contribution in [0, 0.1) is 0 Å². The summed E-state index contributed by atoms with van der Waals surface area (Å²) in [5.41, 5.74) is 5.95. The van der Waals surface area contributed by atoms with Gasteiger partial charge in [0.25, 0.3) is 5.91 Å². The van der Waals surface area contributed by atoms with E-state index in [0.29, 0.717) is 17.9 Å². The van der Waals surface area contributed by atoms with E-state index in [1.165, 1.54) is 7.11 Å². The third-order valence-electron chi connectivity index (χ3n) is 2.14. The number of nitrogens with one attached hydrogen (secondary N) is 1. The Bertz CT molecular complexity index is 382. The lowest BCUT2D eigenvalue weighted by Gasteiger charge is -2.13. The quantitative estimate of drug-likeness (QED) is 0.882. The van der Waals surface area contributed by atoms with Crippen molar-refractivity contribution in [2.75, 3.05) is 13.7 Å². The second kappa shape index (κ2) is 5.86. The maximum atomic E-state index is 11.8. The molecular formula is C11H15BrN2O2. The SMILES string of the molecule is COc1cc(Br)ccc1C(=O)N[C@H](C)CN. The van der Waals surface area contributed by atoms with Gasteiger partial charge >= 0.3 is 0 Å². The second-order valence-corrected chi connectivity index (χ2v) is 4.37. The number of benzene rings is 1. The number of rotatable bonds is 4. The molecule has 0 unspecified atom stereocenters. The number of ether oxygens (including phenoxy) is 1. The lowest BCUT2D eigenvalue weighted by Crippen LogP contribution is -2.37. The normalized spacial score (nSPS) is 12.0. The van der Waals surface area contributed by atoms with Gasteiger partial charge < -0.3 is 15.8 Å². The van der Waals surface area contributed by atoms with Crippen LogP contribution < -0.4 is 15.8 Å². The smallest absolute Gasteiger partial charge is 0.255 e. The van der Waals surface area contributed by atoms with Crippen molar-refractivity contribution in [3.63, 3.8) is 0 Å². The van der Waals surface area contributed by atoms with Crippen LogP contribution in [0.5, 0.6) is 5.75 Å². The predicted octanol–water partition coefficient (Wildman–Crippen LogP) is 1.53. The number of halogens is 1. The summed E-state index contributed by atoms with van der Waals surface area (Å²) in [6.07, 6.45) is 0. The standard InChI is InChI=1S/C11H15BrN2O2/c1-7(6-13)14-11(15)9-4-3-8(12)5-10(9)16-2/h3-5,7H,6,13H2,1-2H3,(H,14,15)/t7-/m1/s1. The average molecular weight is 287 g/mol. The highest BCUT2D eigenvalue weighted by molar-refractivity contribution is 9.10. The van der Waals surface area contributed by atoms with Crippen LogP contribution in [-0.2, 0) is 0 Å². The topological polar surface area (TPSA) is 64.3 Å². The molecule has 3 N–H and O–H groups in total. The number of methoxy groups -OCH3 is 1. The third kappa shape index (κ3) is 3.21. The summed E-state index contributed by atoms with van der Waals surface area (Å²) >= 11 is 3.32. The molecule has 16 heavy (non-hydrogen) atoms. The number of nitrogens with two attached hydrogens (primary N) is 1. The van der Waals surface area contributed by atoms with E-state index in [1.807, 2.05) is 6.92 Å². The van der Waals surface area contributed by atoms with Crippen LogP contribution in [0.2, 0.25) is 0 Å². The van der Waals surface area contributed by atoms with Crippen molar-refractivity contribution in [1.29, 1.82) is 0 Å². The third-order valence-corrected chi connectivity index (χ3v) is 2.63. The molecule has 1 atom stereocenters. The van der Waals surface area contributed by atoms with Crippen LogP contribution in [0.25, 0.3) is 0 Å². The van der Waals surface area contributed by atoms with Crippen LogP contribution in [0.15, 0.2) is 22.7 Å². The van der Waals surface area contributed by atoms with E-state index >= 15 is 0 Å².